The number of amides is 2. The average Bonchev–Trinajstić information content (AvgIpc) is 2.52. The number of rotatable bonds is 4. The van der Waals surface area contributed by atoms with Crippen molar-refractivity contribution < 1.29 is 14.0 Å². The lowest BCUT2D eigenvalue weighted by atomic mass is 10.1. The van der Waals surface area contributed by atoms with Crippen LogP contribution >= 0.6 is 0 Å². The Kier molecular flexibility index (Phi) is 5.57. The van der Waals surface area contributed by atoms with Crippen LogP contribution in [-0.4, -0.2) is 30.3 Å². The molecular formula is C20H23FN2O2. The smallest absolute Gasteiger partial charge is 0.254 e. The van der Waals surface area contributed by atoms with Gasteiger partial charge in [0.25, 0.3) is 5.91 Å². The van der Waals surface area contributed by atoms with Gasteiger partial charge in [0.15, 0.2) is 0 Å². The summed E-state index contributed by atoms with van der Waals surface area (Å²) in [6.45, 7) is 7.38. The van der Waals surface area contributed by atoms with Crippen molar-refractivity contribution in [3.63, 3.8) is 0 Å². The van der Waals surface area contributed by atoms with Crippen LogP contribution in [0.25, 0.3) is 0 Å². The molecule has 0 aliphatic heterocycles. The lowest BCUT2D eigenvalue weighted by Gasteiger charge is -2.18. The van der Waals surface area contributed by atoms with Gasteiger partial charge in [-0.25, -0.2) is 4.39 Å². The Labute approximate surface area is 147 Å². The quantitative estimate of drug-likeness (QED) is 0.919. The standard InChI is InChI=1S/C20H23FN2O2/c1-12-8-14(3)19(15(4)9-12)22-18(24)11-23(5)20(25)16-7-6-13(2)17(21)10-16/h6-10H,11H2,1-5H3,(H,22,24). The minimum absolute atomic E-state index is 0.110. The van der Waals surface area contributed by atoms with E-state index in [-0.39, 0.29) is 18.0 Å². The summed E-state index contributed by atoms with van der Waals surface area (Å²) < 4.78 is 13.6. The highest BCUT2D eigenvalue weighted by atomic mass is 19.1. The fourth-order valence-electron chi connectivity index (χ4n) is 2.79. The summed E-state index contributed by atoms with van der Waals surface area (Å²) >= 11 is 0. The molecule has 4 nitrogen and oxygen atoms in total. The monoisotopic (exact) mass is 342 g/mol. The van der Waals surface area contributed by atoms with Crippen molar-refractivity contribution in [2.45, 2.75) is 27.7 Å². The van der Waals surface area contributed by atoms with Crippen LogP contribution in [0, 0.1) is 33.5 Å². The molecule has 2 aromatic carbocycles. The third-order valence-corrected chi connectivity index (χ3v) is 4.09. The van der Waals surface area contributed by atoms with Crippen LogP contribution in [0.1, 0.15) is 32.6 Å². The summed E-state index contributed by atoms with van der Waals surface area (Å²) in [5.41, 5.74) is 4.53. The van der Waals surface area contributed by atoms with E-state index in [4.69, 9.17) is 0 Å². The molecule has 0 spiro atoms. The van der Waals surface area contributed by atoms with Crippen molar-refractivity contribution in [1.82, 2.24) is 4.90 Å². The van der Waals surface area contributed by atoms with Gasteiger partial charge in [-0.3, -0.25) is 9.59 Å². The number of hydrogen-bond donors (Lipinski definition) is 1. The first-order valence-corrected chi connectivity index (χ1v) is 8.08. The molecule has 0 aliphatic rings. The molecule has 2 rings (SSSR count). The fraction of sp³-hybridized carbons (Fsp3) is 0.300. The van der Waals surface area contributed by atoms with Crippen molar-refractivity contribution in [2.75, 3.05) is 18.9 Å². The van der Waals surface area contributed by atoms with Gasteiger partial charge in [-0.1, -0.05) is 23.8 Å². The molecule has 0 heterocycles. The first-order valence-electron chi connectivity index (χ1n) is 8.08. The highest BCUT2D eigenvalue weighted by Crippen LogP contribution is 2.21. The Morgan fingerprint density at radius 3 is 2.16 bits per heavy atom. The van der Waals surface area contributed by atoms with Gasteiger partial charge >= 0.3 is 0 Å². The molecule has 0 radical (unpaired) electrons. The van der Waals surface area contributed by atoms with Gasteiger partial charge in [-0.15, -0.1) is 0 Å². The maximum Gasteiger partial charge on any atom is 0.254 e. The zero-order chi connectivity index (χ0) is 18.7. The first kappa shape index (κ1) is 18.6. The number of likely N-dealkylation sites (N-methyl/N-ethyl adjacent to an activating group) is 1. The van der Waals surface area contributed by atoms with Crippen LogP contribution in [0.2, 0.25) is 0 Å². The molecule has 0 aliphatic carbocycles. The van der Waals surface area contributed by atoms with E-state index in [1.165, 1.54) is 18.0 Å². The summed E-state index contributed by atoms with van der Waals surface area (Å²) in [5, 5.41) is 2.86. The summed E-state index contributed by atoms with van der Waals surface area (Å²) in [5.74, 6) is -1.13. The third-order valence-electron chi connectivity index (χ3n) is 4.09. The highest BCUT2D eigenvalue weighted by Gasteiger charge is 2.17. The molecule has 0 bridgehead atoms. The van der Waals surface area contributed by atoms with E-state index in [9.17, 15) is 14.0 Å². The van der Waals surface area contributed by atoms with E-state index >= 15 is 0 Å². The van der Waals surface area contributed by atoms with E-state index in [2.05, 4.69) is 5.32 Å². The highest BCUT2D eigenvalue weighted by molar-refractivity contribution is 5.99. The fourth-order valence-corrected chi connectivity index (χ4v) is 2.79. The number of benzene rings is 2. The maximum absolute atomic E-state index is 13.6. The normalized spacial score (nSPS) is 10.5. The van der Waals surface area contributed by atoms with Gasteiger partial charge in [-0.2, -0.15) is 0 Å². The topological polar surface area (TPSA) is 49.4 Å². The molecule has 0 aromatic heterocycles. The predicted molar refractivity (Wildman–Crippen MR) is 97.4 cm³/mol. The van der Waals surface area contributed by atoms with Gasteiger partial charge in [0.1, 0.15) is 5.82 Å². The molecule has 1 N–H and O–H groups in total. The Morgan fingerprint density at radius 1 is 1.00 bits per heavy atom. The van der Waals surface area contributed by atoms with E-state index in [0.717, 1.165) is 22.4 Å². The Morgan fingerprint density at radius 2 is 1.60 bits per heavy atom. The summed E-state index contributed by atoms with van der Waals surface area (Å²) in [6, 6.07) is 8.29. The minimum atomic E-state index is -0.436. The second kappa shape index (κ2) is 7.47. The van der Waals surface area contributed by atoms with Crippen LogP contribution < -0.4 is 5.32 Å². The van der Waals surface area contributed by atoms with Gasteiger partial charge in [0.2, 0.25) is 5.91 Å². The number of aryl methyl sites for hydroxylation is 4. The van der Waals surface area contributed by atoms with Gasteiger partial charge in [-0.05, 0) is 56.5 Å². The van der Waals surface area contributed by atoms with Gasteiger partial charge < -0.3 is 10.2 Å². The first-order chi connectivity index (χ1) is 11.7. The van der Waals surface area contributed by atoms with E-state index in [1.807, 2.05) is 32.9 Å². The van der Waals surface area contributed by atoms with E-state index < -0.39 is 11.7 Å². The largest absolute Gasteiger partial charge is 0.332 e. The van der Waals surface area contributed by atoms with Crippen molar-refractivity contribution in [2.24, 2.45) is 0 Å². The molecule has 2 aromatic rings. The van der Waals surface area contributed by atoms with Gasteiger partial charge in [0.05, 0.1) is 6.54 Å². The van der Waals surface area contributed by atoms with Crippen molar-refractivity contribution in [3.8, 4) is 0 Å². The molecule has 0 saturated carbocycles. The average molecular weight is 342 g/mol. The molecule has 132 valence electrons. The number of nitrogens with one attached hydrogen (secondary N) is 1. The molecule has 25 heavy (non-hydrogen) atoms. The number of hydrogen-bond acceptors (Lipinski definition) is 2. The van der Waals surface area contributed by atoms with Crippen LogP contribution in [0.15, 0.2) is 30.3 Å². The lowest BCUT2D eigenvalue weighted by Crippen LogP contribution is -2.35. The lowest BCUT2D eigenvalue weighted by molar-refractivity contribution is -0.116. The minimum Gasteiger partial charge on any atom is -0.332 e. The molecule has 0 saturated heterocycles. The maximum atomic E-state index is 13.6. The second-order valence-electron chi connectivity index (χ2n) is 6.45. The zero-order valence-corrected chi connectivity index (χ0v) is 15.2. The van der Waals surface area contributed by atoms with Crippen molar-refractivity contribution in [1.29, 1.82) is 0 Å². The molecule has 2 amide bonds. The van der Waals surface area contributed by atoms with Gasteiger partial charge in [0, 0.05) is 18.3 Å². The Bertz CT molecular complexity index is 807. The third kappa shape index (κ3) is 4.44. The number of nitrogens with zero attached hydrogens (tertiary/aromatic N) is 1. The predicted octanol–water partition coefficient (Wildman–Crippen LogP) is 3.77. The molecule has 0 atom stereocenters. The summed E-state index contributed by atoms with van der Waals surface area (Å²) in [6.07, 6.45) is 0. The van der Waals surface area contributed by atoms with Crippen LogP contribution in [-0.2, 0) is 4.79 Å². The van der Waals surface area contributed by atoms with Crippen molar-refractivity contribution >= 4 is 17.5 Å². The SMILES string of the molecule is Cc1cc(C)c(NC(=O)CN(C)C(=O)c2ccc(C)c(F)c2)c(C)c1. The van der Waals surface area contributed by atoms with Crippen molar-refractivity contribution in [3.05, 3.63) is 64.0 Å². The number of carbonyl (C=O) groups excluding carboxylic acids is 2. The molecule has 5 heteroatoms. The van der Waals surface area contributed by atoms with E-state index in [0.29, 0.717) is 5.56 Å². The second-order valence-corrected chi connectivity index (χ2v) is 6.45. The summed E-state index contributed by atoms with van der Waals surface area (Å²) in [4.78, 5) is 25.9. The van der Waals surface area contributed by atoms with Crippen LogP contribution in [0.3, 0.4) is 0 Å². The van der Waals surface area contributed by atoms with Crippen LogP contribution in [0.5, 0.6) is 0 Å². The van der Waals surface area contributed by atoms with Crippen LogP contribution in [0.4, 0.5) is 10.1 Å². The number of anilines is 1. The number of carbonyl (C=O) groups is 2. The number of halogens is 1. The Hall–Kier alpha value is -2.69. The summed E-state index contributed by atoms with van der Waals surface area (Å²) in [7, 11) is 1.52. The molecular weight excluding hydrogens is 319 g/mol. The Balaban J connectivity index is 2.07. The zero-order valence-electron chi connectivity index (χ0n) is 15.2. The van der Waals surface area contributed by atoms with E-state index in [1.54, 1.807) is 19.1 Å². The molecule has 0 fully saturated rings. The molecule has 0 unspecified atom stereocenters.